The van der Waals surface area contributed by atoms with E-state index in [0.717, 1.165) is 40.7 Å². The summed E-state index contributed by atoms with van der Waals surface area (Å²) < 4.78 is 11.5. The van der Waals surface area contributed by atoms with Crippen LogP contribution in [0.2, 0.25) is 0 Å². The third-order valence-corrected chi connectivity index (χ3v) is 10.2. The zero-order chi connectivity index (χ0) is 37.6. The van der Waals surface area contributed by atoms with Gasteiger partial charge in [-0.05, 0) is 66.3 Å². The summed E-state index contributed by atoms with van der Waals surface area (Å²) in [5.41, 5.74) is 4.65. The predicted molar refractivity (Wildman–Crippen MR) is 204 cm³/mol. The summed E-state index contributed by atoms with van der Waals surface area (Å²) in [4.78, 5) is 53.3. The molecule has 10 nitrogen and oxygen atoms in total. The molecule has 3 aromatic carbocycles. The Morgan fingerprint density at radius 2 is 1.49 bits per heavy atom. The number of benzene rings is 3. The molecule has 3 aromatic rings. The average Bonchev–Trinajstić information content (AvgIpc) is 3.77. The SMILES string of the molecule is C=CCCC(NC(=O)OCC1c2ccccc2-c2ccccc21)C(=O)OCC(Cc1ccccc1)NC(=O)C(CC=C)CC(=O)NC1(CO)CCCC1. The molecule has 0 saturated heterocycles. The third kappa shape index (κ3) is 10.4. The number of aliphatic hydroxyl groups is 1. The zero-order valence-electron chi connectivity index (χ0n) is 30.3. The van der Waals surface area contributed by atoms with Gasteiger partial charge in [0.25, 0.3) is 0 Å². The zero-order valence-corrected chi connectivity index (χ0v) is 30.3. The predicted octanol–water partition coefficient (Wildman–Crippen LogP) is 6.13. The van der Waals surface area contributed by atoms with Crippen LogP contribution in [0.15, 0.2) is 104 Å². The molecule has 0 aromatic heterocycles. The summed E-state index contributed by atoms with van der Waals surface area (Å²) >= 11 is 0. The topological polar surface area (TPSA) is 143 Å². The van der Waals surface area contributed by atoms with Crippen LogP contribution in [0.4, 0.5) is 4.79 Å². The van der Waals surface area contributed by atoms with E-state index in [-0.39, 0.29) is 56.8 Å². The minimum absolute atomic E-state index is 0.0782. The second kappa shape index (κ2) is 19.0. The van der Waals surface area contributed by atoms with E-state index in [0.29, 0.717) is 25.7 Å². The Kier molecular flexibility index (Phi) is 14.0. The van der Waals surface area contributed by atoms with Crippen molar-refractivity contribution in [1.82, 2.24) is 16.0 Å². The lowest BCUT2D eigenvalue weighted by Crippen LogP contribution is -2.50. The Morgan fingerprint density at radius 3 is 2.11 bits per heavy atom. The molecule has 0 spiro atoms. The molecule has 0 aliphatic heterocycles. The summed E-state index contributed by atoms with van der Waals surface area (Å²) in [6, 6.07) is 23.9. The summed E-state index contributed by atoms with van der Waals surface area (Å²) in [5.74, 6) is -2.20. The number of alkyl carbamates (subject to hydrolysis) is 1. The fourth-order valence-corrected chi connectivity index (χ4v) is 7.40. The number of ether oxygens (including phenoxy) is 2. The first-order valence-corrected chi connectivity index (χ1v) is 18.5. The van der Waals surface area contributed by atoms with Crippen LogP contribution < -0.4 is 16.0 Å². The molecule has 3 atom stereocenters. The number of allylic oxidation sites excluding steroid dienone is 2. The highest BCUT2D eigenvalue weighted by Gasteiger charge is 2.36. The minimum Gasteiger partial charge on any atom is -0.462 e. The average molecular weight is 722 g/mol. The van der Waals surface area contributed by atoms with Gasteiger partial charge in [0.15, 0.2) is 0 Å². The Balaban J connectivity index is 1.21. The first kappa shape index (κ1) is 39.0. The Bertz CT molecular complexity index is 1690. The van der Waals surface area contributed by atoms with Crippen LogP contribution in [0.1, 0.15) is 74.0 Å². The maximum Gasteiger partial charge on any atom is 0.407 e. The lowest BCUT2D eigenvalue weighted by atomic mass is 9.95. The van der Waals surface area contributed by atoms with Crippen molar-refractivity contribution in [2.75, 3.05) is 19.8 Å². The van der Waals surface area contributed by atoms with Gasteiger partial charge in [-0.3, -0.25) is 9.59 Å². The van der Waals surface area contributed by atoms with Gasteiger partial charge in [-0.15, -0.1) is 13.2 Å². The van der Waals surface area contributed by atoms with Crippen molar-refractivity contribution < 1.29 is 33.8 Å². The summed E-state index contributed by atoms with van der Waals surface area (Å²) in [6.45, 7) is 7.31. The van der Waals surface area contributed by atoms with E-state index >= 15 is 0 Å². The van der Waals surface area contributed by atoms with E-state index in [1.54, 1.807) is 12.2 Å². The molecule has 4 N–H and O–H groups in total. The van der Waals surface area contributed by atoms with Crippen LogP contribution in [0.3, 0.4) is 0 Å². The number of rotatable bonds is 19. The van der Waals surface area contributed by atoms with E-state index in [1.165, 1.54) is 0 Å². The summed E-state index contributed by atoms with van der Waals surface area (Å²) in [5, 5.41) is 18.6. The van der Waals surface area contributed by atoms with Crippen molar-refractivity contribution in [1.29, 1.82) is 0 Å². The van der Waals surface area contributed by atoms with Gasteiger partial charge in [-0.2, -0.15) is 0 Å². The van der Waals surface area contributed by atoms with E-state index in [2.05, 4.69) is 41.2 Å². The summed E-state index contributed by atoms with van der Waals surface area (Å²) in [6.07, 6.45) is 6.98. The third-order valence-electron chi connectivity index (χ3n) is 10.2. The molecule has 1 saturated carbocycles. The first-order valence-electron chi connectivity index (χ1n) is 18.5. The number of esters is 1. The molecule has 10 heteroatoms. The number of hydrogen-bond donors (Lipinski definition) is 4. The molecule has 0 heterocycles. The van der Waals surface area contributed by atoms with Gasteiger partial charge < -0.3 is 30.5 Å². The van der Waals surface area contributed by atoms with E-state index < -0.39 is 35.6 Å². The van der Waals surface area contributed by atoms with E-state index in [4.69, 9.17) is 9.47 Å². The quantitative estimate of drug-likeness (QED) is 0.0862. The van der Waals surface area contributed by atoms with Crippen LogP contribution in [-0.2, 0) is 30.3 Å². The van der Waals surface area contributed by atoms with Crippen molar-refractivity contribution in [3.8, 4) is 11.1 Å². The van der Waals surface area contributed by atoms with Crippen LogP contribution >= 0.6 is 0 Å². The number of carbonyl (C=O) groups is 4. The van der Waals surface area contributed by atoms with Crippen molar-refractivity contribution in [3.63, 3.8) is 0 Å². The molecule has 3 unspecified atom stereocenters. The van der Waals surface area contributed by atoms with Gasteiger partial charge in [-0.25, -0.2) is 9.59 Å². The number of aliphatic hydroxyl groups excluding tert-OH is 1. The standard InChI is InChI=1S/C43H51N3O7/c1-3-5-22-38(45-42(51)53-28-37-35-20-11-9-18-33(35)34-19-10-12-21-36(34)37)41(50)52-27-32(25-30-16-7-6-8-17-30)44-40(49)31(15-4-2)26-39(48)46-43(29-47)23-13-14-24-43/h3-4,6-12,16-21,31-32,37-38,47H,1-2,5,13-15,22-29H2,(H,44,49)(H,45,51)(H,46,48). The van der Waals surface area contributed by atoms with Crippen LogP contribution in [-0.4, -0.2) is 66.4 Å². The normalized spacial score (nSPS) is 15.9. The molecule has 280 valence electrons. The Morgan fingerprint density at radius 1 is 0.849 bits per heavy atom. The van der Waals surface area contributed by atoms with Gasteiger partial charge in [-0.1, -0.05) is 104 Å². The first-order chi connectivity index (χ1) is 25.8. The van der Waals surface area contributed by atoms with E-state index in [1.807, 2.05) is 66.7 Å². The molecule has 0 bridgehead atoms. The molecule has 5 rings (SSSR count). The van der Waals surface area contributed by atoms with Crippen molar-refractivity contribution in [2.45, 2.75) is 81.3 Å². The molecule has 1 fully saturated rings. The maximum atomic E-state index is 13.6. The van der Waals surface area contributed by atoms with Gasteiger partial charge in [0.1, 0.15) is 19.3 Å². The fraction of sp³-hybridized carbons (Fsp3) is 0.395. The molecular formula is C43H51N3O7. The van der Waals surface area contributed by atoms with Crippen molar-refractivity contribution in [2.24, 2.45) is 5.92 Å². The van der Waals surface area contributed by atoms with Gasteiger partial charge in [0, 0.05) is 12.3 Å². The van der Waals surface area contributed by atoms with E-state index in [9.17, 15) is 24.3 Å². The number of hydrogen-bond acceptors (Lipinski definition) is 7. The Labute approximate surface area is 312 Å². The largest absolute Gasteiger partial charge is 0.462 e. The minimum atomic E-state index is -1.01. The van der Waals surface area contributed by atoms with Gasteiger partial charge >= 0.3 is 12.1 Å². The highest BCUT2D eigenvalue weighted by Crippen LogP contribution is 2.44. The number of nitrogens with one attached hydrogen (secondary N) is 3. The highest BCUT2D eigenvalue weighted by molar-refractivity contribution is 5.86. The second-order valence-corrected chi connectivity index (χ2v) is 14.0. The number of amides is 3. The molecule has 0 radical (unpaired) electrons. The van der Waals surface area contributed by atoms with Crippen molar-refractivity contribution >= 4 is 23.9 Å². The smallest absolute Gasteiger partial charge is 0.407 e. The van der Waals surface area contributed by atoms with Crippen LogP contribution in [0.25, 0.3) is 11.1 Å². The Hall–Kier alpha value is -5.22. The lowest BCUT2D eigenvalue weighted by Gasteiger charge is -2.29. The molecule has 3 amide bonds. The van der Waals surface area contributed by atoms with Crippen LogP contribution in [0, 0.1) is 5.92 Å². The van der Waals surface area contributed by atoms with Crippen molar-refractivity contribution in [3.05, 3.63) is 121 Å². The van der Waals surface area contributed by atoms with Gasteiger partial charge in [0.05, 0.1) is 24.1 Å². The highest BCUT2D eigenvalue weighted by atomic mass is 16.6. The number of fused-ring (bicyclic) bond motifs is 3. The second-order valence-electron chi connectivity index (χ2n) is 14.0. The van der Waals surface area contributed by atoms with Gasteiger partial charge in [0.2, 0.25) is 11.8 Å². The molecular weight excluding hydrogens is 670 g/mol. The summed E-state index contributed by atoms with van der Waals surface area (Å²) in [7, 11) is 0. The molecule has 2 aliphatic carbocycles. The van der Waals surface area contributed by atoms with Crippen LogP contribution in [0.5, 0.6) is 0 Å². The lowest BCUT2D eigenvalue weighted by molar-refractivity contribution is -0.147. The molecule has 53 heavy (non-hydrogen) atoms. The maximum absolute atomic E-state index is 13.6. The number of carbonyl (C=O) groups excluding carboxylic acids is 4. The monoisotopic (exact) mass is 721 g/mol. The molecule has 2 aliphatic rings. The fourth-order valence-electron chi connectivity index (χ4n) is 7.40.